The fraction of sp³-hybridized carbons (Fsp3) is 0.407. The van der Waals surface area contributed by atoms with Crippen LogP contribution in [0.5, 0.6) is 0 Å². The minimum Gasteiger partial charge on any atom is -0.444 e. The van der Waals surface area contributed by atoms with Gasteiger partial charge in [0.25, 0.3) is 0 Å². The molecule has 0 radical (unpaired) electrons. The number of benzene rings is 2. The van der Waals surface area contributed by atoms with Gasteiger partial charge < -0.3 is 19.9 Å². The Kier molecular flexibility index (Phi) is 9.48. The number of H-pyrrole nitrogens is 1. The molecule has 0 saturated heterocycles. The van der Waals surface area contributed by atoms with Crippen LogP contribution in [0.2, 0.25) is 0 Å². The SMILES string of the molecule is CC(C)(C)OC(=O)N[C@@H](Cc1c[nH]c2ccccc12)CN(Cc1cc(C(F)(F)F)cc(C(F)(F)F)c1)C(=O)CBr. The third-order valence-electron chi connectivity index (χ3n) is 5.79. The first kappa shape index (κ1) is 31.3. The lowest BCUT2D eigenvalue weighted by atomic mass is 10.0. The Morgan fingerprint density at radius 3 is 2.15 bits per heavy atom. The predicted molar refractivity (Wildman–Crippen MR) is 141 cm³/mol. The average molecular weight is 636 g/mol. The quantitative estimate of drug-likeness (QED) is 0.205. The first-order valence-electron chi connectivity index (χ1n) is 12.1. The molecule has 218 valence electrons. The van der Waals surface area contributed by atoms with Gasteiger partial charge in [-0.05, 0) is 62.6 Å². The molecule has 3 rings (SSSR count). The summed E-state index contributed by atoms with van der Waals surface area (Å²) in [6.45, 7) is 4.20. The summed E-state index contributed by atoms with van der Waals surface area (Å²) in [5.41, 5.74) is -2.56. The Hall–Kier alpha value is -3.22. The smallest absolute Gasteiger partial charge is 0.416 e. The third kappa shape index (κ3) is 8.64. The first-order valence-corrected chi connectivity index (χ1v) is 13.2. The number of alkyl halides is 7. The second kappa shape index (κ2) is 12.1. The number of rotatable bonds is 8. The maximum absolute atomic E-state index is 13.4. The van der Waals surface area contributed by atoms with Crippen molar-refractivity contribution >= 4 is 38.8 Å². The van der Waals surface area contributed by atoms with E-state index >= 15 is 0 Å². The van der Waals surface area contributed by atoms with Gasteiger partial charge in [-0.25, -0.2) is 4.79 Å². The molecule has 0 spiro atoms. The zero-order valence-electron chi connectivity index (χ0n) is 21.8. The van der Waals surface area contributed by atoms with E-state index in [1.165, 1.54) is 0 Å². The van der Waals surface area contributed by atoms with Gasteiger partial charge in [-0.15, -0.1) is 0 Å². The van der Waals surface area contributed by atoms with Crippen molar-refractivity contribution in [3.05, 3.63) is 70.9 Å². The van der Waals surface area contributed by atoms with Gasteiger partial charge in [-0.2, -0.15) is 26.3 Å². The van der Waals surface area contributed by atoms with Crippen LogP contribution in [0.4, 0.5) is 31.1 Å². The molecular weight excluding hydrogens is 608 g/mol. The molecule has 1 heterocycles. The number of para-hydroxylation sites is 1. The Balaban J connectivity index is 1.96. The normalized spacial score (nSPS) is 13.2. The molecule has 0 saturated carbocycles. The van der Waals surface area contributed by atoms with Gasteiger partial charge >= 0.3 is 18.4 Å². The van der Waals surface area contributed by atoms with E-state index in [1.54, 1.807) is 27.0 Å². The lowest BCUT2D eigenvalue weighted by Gasteiger charge is -2.29. The summed E-state index contributed by atoms with van der Waals surface area (Å²) in [7, 11) is 0. The van der Waals surface area contributed by atoms with Crippen LogP contribution >= 0.6 is 15.9 Å². The van der Waals surface area contributed by atoms with Gasteiger partial charge in [0.05, 0.1) is 22.5 Å². The van der Waals surface area contributed by atoms with Crippen LogP contribution < -0.4 is 5.32 Å². The van der Waals surface area contributed by atoms with Gasteiger partial charge in [-0.1, -0.05) is 34.1 Å². The molecule has 1 aromatic heterocycles. The number of fused-ring (bicyclic) bond motifs is 1. The Labute approximate surface area is 235 Å². The summed E-state index contributed by atoms with van der Waals surface area (Å²) >= 11 is 3.03. The molecule has 0 aliphatic carbocycles. The molecule has 1 atom stereocenters. The zero-order valence-corrected chi connectivity index (χ0v) is 23.4. The van der Waals surface area contributed by atoms with Gasteiger partial charge in [-0.3, -0.25) is 4.79 Å². The van der Waals surface area contributed by atoms with Gasteiger partial charge in [0.1, 0.15) is 5.60 Å². The molecule has 2 N–H and O–H groups in total. The van der Waals surface area contributed by atoms with E-state index in [1.807, 2.05) is 24.3 Å². The Morgan fingerprint density at radius 2 is 1.60 bits per heavy atom. The van der Waals surface area contributed by atoms with Gasteiger partial charge in [0, 0.05) is 30.2 Å². The van der Waals surface area contributed by atoms with Crippen molar-refractivity contribution in [1.29, 1.82) is 0 Å². The second-order valence-corrected chi connectivity index (χ2v) is 10.8. The molecule has 40 heavy (non-hydrogen) atoms. The van der Waals surface area contributed by atoms with E-state index in [0.29, 0.717) is 12.1 Å². The number of aromatic nitrogens is 1. The van der Waals surface area contributed by atoms with E-state index in [4.69, 9.17) is 4.74 Å². The number of carbonyl (C=O) groups excluding carboxylic acids is 2. The van der Waals surface area contributed by atoms with E-state index < -0.39 is 53.7 Å². The average Bonchev–Trinajstić information content (AvgIpc) is 3.23. The summed E-state index contributed by atoms with van der Waals surface area (Å²) in [5.74, 6) is -0.596. The fourth-order valence-electron chi connectivity index (χ4n) is 4.14. The van der Waals surface area contributed by atoms with Crippen molar-refractivity contribution in [1.82, 2.24) is 15.2 Å². The lowest BCUT2D eigenvalue weighted by molar-refractivity contribution is -0.143. The Morgan fingerprint density at radius 1 is 1.00 bits per heavy atom. The van der Waals surface area contributed by atoms with Crippen molar-refractivity contribution in [2.45, 2.75) is 57.7 Å². The summed E-state index contributed by atoms with van der Waals surface area (Å²) < 4.78 is 85.8. The highest BCUT2D eigenvalue weighted by Crippen LogP contribution is 2.36. The van der Waals surface area contributed by atoms with E-state index in [9.17, 15) is 35.9 Å². The highest BCUT2D eigenvalue weighted by Gasteiger charge is 2.37. The molecule has 2 aromatic carbocycles. The highest BCUT2D eigenvalue weighted by atomic mass is 79.9. The molecule has 0 aliphatic rings. The number of ether oxygens (including phenoxy) is 1. The number of halogens is 7. The number of hydrogen-bond acceptors (Lipinski definition) is 3. The van der Waals surface area contributed by atoms with Crippen molar-refractivity contribution in [3.8, 4) is 0 Å². The number of carbonyl (C=O) groups is 2. The van der Waals surface area contributed by atoms with Crippen LogP contribution in [0.3, 0.4) is 0 Å². The van der Waals surface area contributed by atoms with E-state index in [0.717, 1.165) is 21.4 Å². The van der Waals surface area contributed by atoms with Crippen LogP contribution in [0, 0.1) is 0 Å². The van der Waals surface area contributed by atoms with Crippen LogP contribution in [-0.4, -0.2) is 45.4 Å². The van der Waals surface area contributed by atoms with Crippen LogP contribution in [0.25, 0.3) is 10.9 Å². The lowest BCUT2D eigenvalue weighted by Crippen LogP contribution is -2.48. The molecule has 0 fully saturated rings. The molecule has 0 aliphatic heterocycles. The molecule has 0 unspecified atom stereocenters. The molecule has 13 heteroatoms. The minimum atomic E-state index is -5.03. The number of aromatic amines is 1. The van der Waals surface area contributed by atoms with E-state index in [-0.39, 0.29) is 29.9 Å². The number of amides is 2. The summed E-state index contributed by atoms with van der Waals surface area (Å²) in [4.78, 5) is 29.7. The van der Waals surface area contributed by atoms with Crippen LogP contribution in [0.15, 0.2) is 48.7 Å². The van der Waals surface area contributed by atoms with Crippen LogP contribution in [0.1, 0.15) is 43.0 Å². The number of hydrogen-bond donors (Lipinski definition) is 2. The maximum atomic E-state index is 13.4. The van der Waals surface area contributed by atoms with Crippen LogP contribution in [-0.2, 0) is 34.8 Å². The molecule has 0 bridgehead atoms. The zero-order chi connectivity index (χ0) is 29.9. The van der Waals surface area contributed by atoms with Gasteiger partial charge in [0.15, 0.2) is 0 Å². The molecule has 2 amide bonds. The number of alkyl carbamates (subject to hydrolysis) is 1. The van der Waals surface area contributed by atoms with Gasteiger partial charge in [0.2, 0.25) is 5.91 Å². The summed E-state index contributed by atoms with van der Waals surface area (Å²) in [6.07, 6.45) is -8.94. The predicted octanol–water partition coefficient (Wildman–Crippen LogP) is 7.07. The molecule has 3 aromatic rings. The molecule has 6 nitrogen and oxygen atoms in total. The second-order valence-electron chi connectivity index (χ2n) is 10.2. The van der Waals surface area contributed by atoms with Crippen molar-refractivity contribution in [2.75, 3.05) is 11.9 Å². The largest absolute Gasteiger partial charge is 0.444 e. The standard InChI is InChI=1S/C27H28BrF6N3O3/c1-25(2,3)40-24(39)36-20(10-17-13-35-22-7-5-4-6-21(17)22)15-37(23(38)12-28)14-16-8-18(26(29,30)31)11-19(9-16)27(32,33)34/h4-9,11,13,20,35H,10,12,14-15H2,1-3H3,(H,36,39)/t20-/m0/s1. The van der Waals surface area contributed by atoms with E-state index in [2.05, 4.69) is 26.2 Å². The van der Waals surface area contributed by atoms with Crippen molar-refractivity contribution in [2.24, 2.45) is 0 Å². The third-order valence-corrected chi connectivity index (χ3v) is 6.27. The van der Waals surface area contributed by atoms with Crippen molar-refractivity contribution in [3.63, 3.8) is 0 Å². The monoisotopic (exact) mass is 635 g/mol. The molecular formula is C27H28BrF6N3O3. The topological polar surface area (TPSA) is 74.4 Å². The highest BCUT2D eigenvalue weighted by molar-refractivity contribution is 9.09. The summed E-state index contributed by atoms with van der Waals surface area (Å²) in [5, 5.41) is 3.30. The fourth-order valence-corrected chi connectivity index (χ4v) is 4.49. The first-order chi connectivity index (χ1) is 18.5. The summed E-state index contributed by atoms with van der Waals surface area (Å²) in [6, 6.07) is 7.76. The maximum Gasteiger partial charge on any atom is 0.416 e. The van der Waals surface area contributed by atoms with Crippen molar-refractivity contribution < 1.29 is 40.7 Å². The number of nitrogens with one attached hydrogen (secondary N) is 2. The minimum absolute atomic E-state index is 0.0318. The Bertz CT molecular complexity index is 1320. The number of nitrogens with zero attached hydrogens (tertiary/aromatic N) is 1.